The van der Waals surface area contributed by atoms with E-state index in [-0.39, 0.29) is 17.7 Å². The second kappa shape index (κ2) is 5.16. The van der Waals surface area contributed by atoms with Crippen LogP contribution in [0.1, 0.15) is 39.9 Å². The largest absolute Gasteiger partial charge is 0.508 e. The number of anilines is 1. The number of nitrogens with one attached hydrogen (secondary N) is 1. The zero-order valence-corrected chi connectivity index (χ0v) is 12.6. The summed E-state index contributed by atoms with van der Waals surface area (Å²) in [6.07, 6.45) is 5.42. The SMILES string of the molecule is NC(=O)c1cccc2c1NC(c1ccc(O)cc1)C1CC=CC21. The topological polar surface area (TPSA) is 75.4 Å². The molecule has 0 spiro atoms. The summed E-state index contributed by atoms with van der Waals surface area (Å²) in [5, 5.41) is 13.1. The van der Waals surface area contributed by atoms with Gasteiger partial charge in [-0.05, 0) is 41.7 Å². The van der Waals surface area contributed by atoms with Crippen LogP contribution in [-0.4, -0.2) is 11.0 Å². The Morgan fingerprint density at radius 2 is 1.96 bits per heavy atom. The first kappa shape index (κ1) is 13.9. The molecule has 0 bridgehead atoms. The average Bonchev–Trinajstić information content (AvgIpc) is 3.04. The van der Waals surface area contributed by atoms with Gasteiger partial charge in [0.15, 0.2) is 0 Å². The maximum atomic E-state index is 11.8. The van der Waals surface area contributed by atoms with Crippen LogP contribution < -0.4 is 11.1 Å². The Labute approximate surface area is 134 Å². The van der Waals surface area contributed by atoms with Gasteiger partial charge in [-0.15, -0.1) is 0 Å². The van der Waals surface area contributed by atoms with E-state index in [4.69, 9.17) is 5.73 Å². The molecular formula is C19H18N2O2. The van der Waals surface area contributed by atoms with Gasteiger partial charge in [0, 0.05) is 5.92 Å². The summed E-state index contributed by atoms with van der Waals surface area (Å²) in [5.41, 5.74) is 9.16. The molecule has 2 aliphatic rings. The van der Waals surface area contributed by atoms with Crippen LogP contribution in [0, 0.1) is 5.92 Å². The number of para-hydroxylation sites is 1. The van der Waals surface area contributed by atoms with Crippen LogP contribution in [0.25, 0.3) is 0 Å². The maximum absolute atomic E-state index is 11.8. The molecule has 0 aromatic heterocycles. The number of benzene rings is 2. The lowest BCUT2D eigenvalue weighted by Crippen LogP contribution is -2.31. The van der Waals surface area contributed by atoms with Crippen molar-refractivity contribution in [3.63, 3.8) is 0 Å². The Hall–Kier alpha value is -2.75. The quantitative estimate of drug-likeness (QED) is 0.745. The second-order valence-electron chi connectivity index (χ2n) is 6.20. The monoisotopic (exact) mass is 306 g/mol. The summed E-state index contributed by atoms with van der Waals surface area (Å²) in [7, 11) is 0. The van der Waals surface area contributed by atoms with Crippen LogP contribution in [0.5, 0.6) is 5.75 Å². The molecule has 3 unspecified atom stereocenters. The average molecular weight is 306 g/mol. The van der Waals surface area contributed by atoms with Gasteiger partial charge >= 0.3 is 0 Å². The fourth-order valence-corrected chi connectivity index (χ4v) is 3.84. The van der Waals surface area contributed by atoms with Gasteiger partial charge in [0.1, 0.15) is 5.75 Å². The highest BCUT2D eigenvalue weighted by Crippen LogP contribution is 2.50. The lowest BCUT2D eigenvalue weighted by molar-refractivity contribution is 0.100. The molecule has 0 saturated carbocycles. The Balaban J connectivity index is 1.83. The summed E-state index contributed by atoms with van der Waals surface area (Å²) in [6, 6.07) is 13.1. The maximum Gasteiger partial charge on any atom is 0.250 e. The molecule has 0 radical (unpaired) electrons. The number of rotatable bonds is 2. The number of hydrogen-bond acceptors (Lipinski definition) is 3. The normalized spacial score (nSPS) is 24.6. The molecule has 0 saturated heterocycles. The Morgan fingerprint density at radius 3 is 2.70 bits per heavy atom. The minimum atomic E-state index is -0.417. The molecule has 4 N–H and O–H groups in total. The van der Waals surface area contributed by atoms with Gasteiger partial charge < -0.3 is 16.2 Å². The van der Waals surface area contributed by atoms with Crippen molar-refractivity contribution < 1.29 is 9.90 Å². The fraction of sp³-hybridized carbons (Fsp3) is 0.211. The van der Waals surface area contributed by atoms with Crippen molar-refractivity contribution in [1.29, 1.82) is 0 Å². The van der Waals surface area contributed by atoms with E-state index in [2.05, 4.69) is 23.5 Å². The number of phenolic OH excluding ortho intramolecular Hbond substituents is 1. The third kappa shape index (κ3) is 2.18. The van der Waals surface area contributed by atoms with Crippen molar-refractivity contribution in [3.8, 4) is 5.75 Å². The number of carbonyl (C=O) groups is 1. The molecule has 1 heterocycles. The van der Waals surface area contributed by atoms with Crippen LogP contribution in [0.3, 0.4) is 0 Å². The zero-order valence-electron chi connectivity index (χ0n) is 12.6. The van der Waals surface area contributed by atoms with Gasteiger partial charge in [0.05, 0.1) is 17.3 Å². The van der Waals surface area contributed by atoms with E-state index < -0.39 is 5.91 Å². The minimum absolute atomic E-state index is 0.0867. The number of aromatic hydroxyl groups is 1. The summed E-state index contributed by atoms with van der Waals surface area (Å²) in [6.45, 7) is 0. The first-order chi connectivity index (χ1) is 11.1. The number of hydrogen-bond donors (Lipinski definition) is 3. The van der Waals surface area contributed by atoms with Crippen molar-refractivity contribution in [2.45, 2.75) is 18.4 Å². The van der Waals surface area contributed by atoms with Crippen molar-refractivity contribution in [2.24, 2.45) is 11.7 Å². The molecular weight excluding hydrogens is 288 g/mol. The van der Waals surface area contributed by atoms with E-state index in [0.29, 0.717) is 11.5 Å². The number of phenols is 1. The summed E-state index contributed by atoms with van der Waals surface area (Å²) < 4.78 is 0. The molecule has 2 aromatic rings. The van der Waals surface area contributed by atoms with Crippen LogP contribution in [0.2, 0.25) is 0 Å². The van der Waals surface area contributed by atoms with Gasteiger partial charge in [-0.3, -0.25) is 4.79 Å². The second-order valence-corrected chi connectivity index (χ2v) is 6.20. The summed E-state index contributed by atoms with van der Waals surface area (Å²) >= 11 is 0. The lowest BCUT2D eigenvalue weighted by atomic mass is 9.76. The third-order valence-corrected chi connectivity index (χ3v) is 4.91. The van der Waals surface area contributed by atoms with Crippen LogP contribution >= 0.6 is 0 Å². The van der Waals surface area contributed by atoms with Crippen molar-refractivity contribution in [3.05, 3.63) is 71.3 Å². The van der Waals surface area contributed by atoms with Crippen LogP contribution in [-0.2, 0) is 0 Å². The number of amides is 1. The molecule has 23 heavy (non-hydrogen) atoms. The molecule has 116 valence electrons. The third-order valence-electron chi connectivity index (χ3n) is 4.91. The van der Waals surface area contributed by atoms with Gasteiger partial charge in [-0.25, -0.2) is 0 Å². The number of fused-ring (bicyclic) bond motifs is 3. The Morgan fingerprint density at radius 1 is 1.17 bits per heavy atom. The molecule has 1 aliphatic carbocycles. The lowest BCUT2D eigenvalue weighted by Gasteiger charge is -2.38. The molecule has 4 rings (SSSR count). The molecule has 3 atom stereocenters. The molecule has 4 heteroatoms. The first-order valence-corrected chi connectivity index (χ1v) is 7.80. The smallest absolute Gasteiger partial charge is 0.250 e. The van der Waals surface area contributed by atoms with Crippen molar-refractivity contribution >= 4 is 11.6 Å². The van der Waals surface area contributed by atoms with Gasteiger partial charge in [0.2, 0.25) is 0 Å². The Bertz CT molecular complexity index is 796. The van der Waals surface area contributed by atoms with Crippen LogP contribution in [0.15, 0.2) is 54.6 Å². The standard InChI is InChI=1S/C19H18N2O2/c20-19(23)16-6-2-5-15-13-3-1-4-14(13)17(21-18(15)16)11-7-9-12(22)10-8-11/h1-3,5-10,13-14,17,21-22H,4H2,(H2,20,23). The fourth-order valence-electron chi connectivity index (χ4n) is 3.84. The highest BCUT2D eigenvalue weighted by atomic mass is 16.3. The highest BCUT2D eigenvalue weighted by Gasteiger charge is 2.38. The number of carbonyl (C=O) groups excluding carboxylic acids is 1. The van der Waals surface area contributed by atoms with Crippen molar-refractivity contribution in [1.82, 2.24) is 0 Å². The molecule has 4 nitrogen and oxygen atoms in total. The van der Waals surface area contributed by atoms with E-state index in [0.717, 1.165) is 23.2 Å². The van der Waals surface area contributed by atoms with E-state index in [1.54, 1.807) is 18.2 Å². The van der Waals surface area contributed by atoms with E-state index in [9.17, 15) is 9.90 Å². The molecule has 1 aliphatic heterocycles. The first-order valence-electron chi connectivity index (χ1n) is 7.80. The predicted octanol–water partition coefficient (Wildman–Crippen LogP) is 3.32. The predicted molar refractivity (Wildman–Crippen MR) is 89.4 cm³/mol. The van der Waals surface area contributed by atoms with E-state index >= 15 is 0 Å². The van der Waals surface area contributed by atoms with Gasteiger partial charge in [0.25, 0.3) is 5.91 Å². The van der Waals surface area contributed by atoms with Crippen LogP contribution in [0.4, 0.5) is 5.69 Å². The minimum Gasteiger partial charge on any atom is -0.508 e. The summed E-state index contributed by atoms with van der Waals surface area (Å²) in [5.74, 6) is 0.516. The van der Waals surface area contributed by atoms with E-state index in [1.807, 2.05) is 18.2 Å². The number of primary amides is 1. The van der Waals surface area contributed by atoms with Crippen molar-refractivity contribution in [2.75, 3.05) is 5.32 Å². The Kier molecular flexibility index (Phi) is 3.11. The zero-order chi connectivity index (χ0) is 16.0. The molecule has 2 aromatic carbocycles. The van der Waals surface area contributed by atoms with Gasteiger partial charge in [-0.2, -0.15) is 0 Å². The van der Waals surface area contributed by atoms with E-state index in [1.165, 1.54) is 0 Å². The molecule has 1 amide bonds. The number of allylic oxidation sites excluding steroid dienone is 2. The molecule has 0 fully saturated rings. The van der Waals surface area contributed by atoms with Gasteiger partial charge in [-0.1, -0.05) is 36.4 Å². The number of nitrogens with two attached hydrogens (primary N) is 1. The summed E-state index contributed by atoms with van der Waals surface area (Å²) in [4.78, 5) is 11.8. The highest BCUT2D eigenvalue weighted by molar-refractivity contribution is 5.99.